The molecule has 1 aromatic rings. The van der Waals surface area contributed by atoms with E-state index in [1.807, 2.05) is 4.90 Å². The van der Waals surface area contributed by atoms with Crippen molar-refractivity contribution < 1.29 is 19.1 Å². The summed E-state index contributed by atoms with van der Waals surface area (Å²) < 4.78 is 5.37. The number of carbonyl (C=O) groups excluding carboxylic acids is 3. The number of nitrogens with one attached hydrogen (secondary N) is 1. The molecule has 4 rings (SSSR count). The maximum Gasteiger partial charge on any atom is 0.338 e. The van der Waals surface area contributed by atoms with Crippen LogP contribution in [0.4, 0.5) is 4.79 Å². The summed E-state index contributed by atoms with van der Waals surface area (Å²) in [5.41, 5.74) is 1.48. The van der Waals surface area contributed by atoms with Gasteiger partial charge >= 0.3 is 12.0 Å². The lowest BCUT2D eigenvalue weighted by molar-refractivity contribution is -0.139. The molecule has 33 heavy (non-hydrogen) atoms. The van der Waals surface area contributed by atoms with Crippen molar-refractivity contribution >= 4 is 41.1 Å². The number of halogens is 2. The largest absolute Gasteiger partial charge is 0.463 e. The summed E-state index contributed by atoms with van der Waals surface area (Å²) in [6.45, 7) is 4.93. The number of amides is 3. The molecule has 1 aliphatic carbocycles. The molecule has 0 aromatic heterocycles. The van der Waals surface area contributed by atoms with Crippen LogP contribution in [0.25, 0.3) is 0 Å². The summed E-state index contributed by atoms with van der Waals surface area (Å²) in [7, 11) is 1.64. The second-order valence-electron chi connectivity index (χ2n) is 8.56. The van der Waals surface area contributed by atoms with Gasteiger partial charge in [-0.3, -0.25) is 14.6 Å². The fourth-order valence-corrected chi connectivity index (χ4v) is 4.81. The van der Waals surface area contributed by atoms with Gasteiger partial charge in [-0.1, -0.05) is 29.3 Å². The molecule has 1 aromatic carbocycles. The van der Waals surface area contributed by atoms with E-state index in [2.05, 4.69) is 10.2 Å². The number of hydrogen-bond acceptors (Lipinski definition) is 5. The molecule has 2 heterocycles. The van der Waals surface area contributed by atoms with Crippen LogP contribution in [0.2, 0.25) is 10.0 Å². The van der Waals surface area contributed by atoms with Gasteiger partial charge in [-0.2, -0.15) is 0 Å². The number of rotatable bonds is 6. The van der Waals surface area contributed by atoms with Crippen LogP contribution < -0.4 is 5.32 Å². The molecule has 0 radical (unpaired) electrons. The topological polar surface area (TPSA) is 82.2 Å². The number of ether oxygens (including phenoxy) is 1. The Kier molecular flexibility index (Phi) is 7.16. The van der Waals surface area contributed by atoms with Crippen molar-refractivity contribution in [2.75, 3.05) is 46.4 Å². The predicted octanol–water partition coefficient (Wildman–Crippen LogP) is 3.06. The molecule has 0 spiro atoms. The smallest absolute Gasteiger partial charge is 0.338 e. The summed E-state index contributed by atoms with van der Waals surface area (Å²) in [5, 5.41) is 3.68. The molecule has 1 N–H and O–H groups in total. The molecule has 3 aliphatic rings. The van der Waals surface area contributed by atoms with Crippen LogP contribution in [0, 0.1) is 5.92 Å². The van der Waals surface area contributed by atoms with Gasteiger partial charge < -0.3 is 15.0 Å². The maximum absolute atomic E-state index is 13.1. The van der Waals surface area contributed by atoms with Crippen LogP contribution in [0.15, 0.2) is 29.5 Å². The van der Waals surface area contributed by atoms with Crippen LogP contribution in [0.3, 0.4) is 0 Å². The van der Waals surface area contributed by atoms with Gasteiger partial charge in [0.15, 0.2) is 0 Å². The van der Waals surface area contributed by atoms with Gasteiger partial charge in [-0.05, 0) is 37.5 Å². The first-order valence-electron chi connectivity index (χ1n) is 11.2. The molecule has 1 atom stereocenters. The molecule has 178 valence electrons. The number of nitrogens with zero attached hydrogens (tertiary/aromatic N) is 3. The third-order valence-corrected chi connectivity index (χ3v) is 6.89. The highest BCUT2D eigenvalue weighted by molar-refractivity contribution is 6.35. The number of benzene rings is 1. The van der Waals surface area contributed by atoms with Crippen molar-refractivity contribution in [1.82, 2.24) is 20.0 Å². The predicted molar refractivity (Wildman–Crippen MR) is 125 cm³/mol. The summed E-state index contributed by atoms with van der Waals surface area (Å²) in [6, 6.07) is 3.87. The second kappa shape index (κ2) is 9.91. The van der Waals surface area contributed by atoms with Crippen molar-refractivity contribution in [1.29, 1.82) is 0 Å². The van der Waals surface area contributed by atoms with Gasteiger partial charge in [0.2, 0.25) is 5.91 Å². The average Bonchev–Trinajstić information content (AvgIpc) is 3.62. The minimum Gasteiger partial charge on any atom is -0.463 e. The van der Waals surface area contributed by atoms with E-state index < -0.39 is 12.0 Å². The zero-order chi connectivity index (χ0) is 23.7. The highest BCUT2D eigenvalue weighted by atomic mass is 35.5. The minimum absolute atomic E-state index is 0.202. The highest BCUT2D eigenvalue weighted by Crippen LogP contribution is 2.36. The Labute approximate surface area is 203 Å². The van der Waals surface area contributed by atoms with E-state index in [1.165, 1.54) is 4.90 Å². The molecule has 8 nitrogen and oxygen atoms in total. The molecule has 1 saturated heterocycles. The molecule has 10 heteroatoms. The Bertz CT molecular complexity index is 987. The van der Waals surface area contributed by atoms with Crippen molar-refractivity contribution in [3.8, 4) is 0 Å². The third kappa shape index (κ3) is 5.13. The monoisotopic (exact) mass is 494 g/mol. The Morgan fingerprint density at radius 2 is 1.85 bits per heavy atom. The van der Waals surface area contributed by atoms with Gasteiger partial charge in [0.1, 0.15) is 0 Å². The van der Waals surface area contributed by atoms with Gasteiger partial charge in [0.05, 0.1) is 18.2 Å². The number of carbonyl (C=O) groups is 3. The lowest BCUT2D eigenvalue weighted by Gasteiger charge is -2.39. The normalized spacial score (nSPS) is 21.8. The first-order chi connectivity index (χ1) is 15.8. The van der Waals surface area contributed by atoms with Gasteiger partial charge in [-0.15, -0.1) is 0 Å². The molecule has 0 unspecified atom stereocenters. The Morgan fingerprint density at radius 1 is 1.15 bits per heavy atom. The van der Waals surface area contributed by atoms with E-state index in [0.717, 1.165) is 12.8 Å². The zero-order valence-electron chi connectivity index (χ0n) is 18.8. The Balaban J connectivity index is 1.62. The summed E-state index contributed by atoms with van der Waals surface area (Å²) in [5.74, 6) is -0.0571. The molecule has 2 fully saturated rings. The van der Waals surface area contributed by atoms with Gasteiger partial charge in [0, 0.05) is 61.4 Å². The Hall–Kier alpha value is -2.29. The zero-order valence-corrected chi connectivity index (χ0v) is 20.3. The lowest BCUT2D eigenvalue weighted by atomic mass is 9.94. The van der Waals surface area contributed by atoms with Crippen LogP contribution in [0.1, 0.15) is 31.4 Å². The van der Waals surface area contributed by atoms with Gasteiger partial charge in [0.25, 0.3) is 0 Å². The lowest BCUT2D eigenvalue weighted by Crippen LogP contribution is -2.53. The first kappa shape index (κ1) is 23.9. The summed E-state index contributed by atoms with van der Waals surface area (Å²) in [6.07, 6.45) is 1.98. The van der Waals surface area contributed by atoms with Crippen molar-refractivity contribution in [3.63, 3.8) is 0 Å². The van der Waals surface area contributed by atoms with Crippen LogP contribution in [-0.4, -0.2) is 79.0 Å². The van der Waals surface area contributed by atoms with Crippen LogP contribution in [0.5, 0.6) is 0 Å². The second-order valence-corrected chi connectivity index (χ2v) is 9.41. The summed E-state index contributed by atoms with van der Waals surface area (Å²) in [4.78, 5) is 43.8. The molecular formula is C23H28Cl2N4O4. The fourth-order valence-electron chi connectivity index (χ4n) is 4.29. The van der Waals surface area contributed by atoms with E-state index >= 15 is 0 Å². The number of likely N-dealkylation sites (N-methyl/N-ethyl adjacent to an activating group) is 1. The van der Waals surface area contributed by atoms with Gasteiger partial charge in [-0.25, -0.2) is 9.59 Å². The number of hydrogen-bond donors (Lipinski definition) is 1. The maximum atomic E-state index is 13.1. The van der Waals surface area contributed by atoms with Crippen molar-refractivity contribution in [2.45, 2.75) is 25.8 Å². The summed E-state index contributed by atoms with van der Waals surface area (Å²) >= 11 is 12.5. The third-order valence-electron chi connectivity index (χ3n) is 6.33. The number of piperazine rings is 1. The molecule has 2 aliphatic heterocycles. The number of esters is 1. The highest BCUT2D eigenvalue weighted by Gasteiger charge is 2.39. The van der Waals surface area contributed by atoms with E-state index in [-0.39, 0.29) is 24.5 Å². The van der Waals surface area contributed by atoms with Crippen LogP contribution >= 0.6 is 23.2 Å². The quantitative estimate of drug-likeness (QED) is 0.614. The molecular weight excluding hydrogens is 467 g/mol. The standard InChI is InChI=1S/C23H28Cl2N4O4/c1-3-33-22(31)19-18(13-28-8-10-29(11-9-28)21(30)14-4-5-14)27(2)23(32)26-20(19)16-7-6-15(24)12-17(16)25/h6-7,12,14,20H,3-5,8-11,13H2,1-2H3,(H,26,32)/t20-/m0/s1. The fraction of sp³-hybridized carbons (Fsp3) is 0.522. The van der Waals surface area contributed by atoms with E-state index in [0.29, 0.717) is 59.6 Å². The number of urea groups is 1. The first-order valence-corrected chi connectivity index (χ1v) is 12.0. The minimum atomic E-state index is -0.759. The molecule has 0 bridgehead atoms. The average molecular weight is 495 g/mol. The van der Waals surface area contributed by atoms with Crippen LogP contribution in [-0.2, 0) is 14.3 Å². The molecule has 3 amide bonds. The molecule has 1 saturated carbocycles. The van der Waals surface area contributed by atoms with E-state index in [4.69, 9.17) is 27.9 Å². The Morgan fingerprint density at radius 3 is 2.45 bits per heavy atom. The van der Waals surface area contributed by atoms with E-state index in [9.17, 15) is 14.4 Å². The van der Waals surface area contributed by atoms with Crippen molar-refractivity contribution in [2.24, 2.45) is 5.92 Å². The van der Waals surface area contributed by atoms with E-state index in [1.54, 1.807) is 32.2 Å². The van der Waals surface area contributed by atoms with Crippen molar-refractivity contribution in [3.05, 3.63) is 45.1 Å². The SMILES string of the molecule is CCOC(=O)C1=C(CN2CCN(C(=O)C3CC3)CC2)N(C)C(=O)N[C@H]1c1ccc(Cl)cc1Cl.